The fourth-order valence-corrected chi connectivity index (χ4v) is 4.92. The van der Waals surface area contributed by atoms with Crippen LogP contribution in [0.25, 0.3) is 0 Å². The van der Waals surface area contributed by atoms with Crippen LogP contribution in [0, 0.1) is 0 Å². The van der Waals surface area contributed by atoms with Gasteiger partial charge < -0.3 is 19.1 Å². The van der Waals surface area contributed by atoms with E-state index in [4.69, 9.17) is 14.2 Å². The Balaban J connectivity index is 1.63. The molecule has 32 heavy (non-hydrogen) atoms. The summed E-state index contributed by atoms with van der Waals surface area (Å²) in [5.41, 5.74) is 0.896. The average Bonchev–Trinajstić information content (AvgIpc) is 3.29. The number of hydrogen-bond donors (Lipinski definition) is 1. The van der Waals surface area contributed by atoms with Crippen molar-refractivity contribution in [2.45, 2.75) is 37.1 Å². The van der Waals surface area contributed by atoms with E-state index in [9.17, 15) is 13.2 Å². The van der Waals surface area contributed by atoms with Gasteiger partial charge in [-0.25, -0.2) is 13.1 Å². The first-order valence-electron chi connectivity index (χ1n) is 10.6. The summed E-state index contributed by atoms with van der Waals surface area (Å²) in [6, 6.07) is 11.6. The molecule has 1 saturated heterocycles. The maximum Gasteiger partial charge on any atom is 0.240 e. The van der Waals surface area contributed by atoms with Gasteiger partial charge in [-0.3, -0.25) is 4.79 Å². The predicted octanol–water partition coefficient (Wildman–Crippen LogP) is 3.13. The molecule has 2 aromatic rings. The van der Waals surface area contributed by atoms with E-state index in [1.165, 1.54) is 12.1 Å². The van der Waals surface area contributed by atoms with Crippen molar-refractivity contribution >= 4 is 15.9 Å². The van der Waals surface area contributed by atoms with Crippen molar-refractivity contribution in [2.24, 2.45) is 0 Å². The Morgan fingerprint density at radius 1 is 1.09 bits per heavy atom. The highest BCUT2D eigenvalue weighted by molar-refractivity contribution is 7.89. The summed E-state index contributed by atoms with van der Waals surface area (Å²) in [4.78, 5) is 14.9. The molecule has 0 saturated carbocycles. The molecule has 0 radical (unpaired) electrons. The molecular weight excluding hydrogens is 432 g/mol. The molecule has 0 aliphatic carbocycles. The van der Waals surface area contributed by atoms with Crippen LogP contribution < -0.4 is 18.9 Å². The van der Waals surface area contributed by atoms with Gasteiger partial charge in [0.25, 0.3) is 0 Å². The highest BCUT2D eigenvalue weighted by atomic mass is 32.2. The molecule has 1 heterocycles. The maximum absolute atomic E-state index is 12.9. The zero-order valence-electron chi connectivity index (χ0n) is 18.7. The van der Waals surface area contributed by atoms with Gasteiger partial charge in [0.2, 0.25) is 15.9 Å². The molecule has 174 valence electrons. The number of amides is 1. The Labute approximate surface area is 189 Å². The van der Waals surface area contributed by atoms with Crippen LogP contribution in [0.4, 0.5) is 0 Å². The molecule has 1 fully saturated rings. The number of nitrogens with one attached hydrogen (secondary N) is 1. The summed E-state index contributed by atoms with van der Waals surface area (Å²) < 4.78 is 43.7. The molecule has 0 spiro atoms. The lowest BCUT2D eigenvalue weighted by atomic mass is 10.0. The number of sulfonamides is 1. The minimum absolute atomic E-state index is 0.0207. The quantitative estimate of drug-likeness (QED) is 0.583. The van der Waals surface area contributed by atoms with Crippen LogP contribution in [0.1, 0.15) is 37.8 Å². The van der Waals surface area contributed by atoms with Gasteiger partial charge in [-0.15, -0.1) is 0 Å². The van der Waals surface area contributed by atoms with Crippen molar-refractivity contribution < 1.29 is 27.4 Å². The maximum atomic E-state index is 12.9. The van der Waals surface area contributed by atoms with Crippen molar-refractivity contribution in [1.82, 2.24) is 9.62 Å². The topological polar surface area (TPSA) is 94.2 Å². The van der Waals surface area contributed by atoms with Crippen LogP contribution in [-0.2, 0) is 14.8 Å². The van der Waals surface area contributed by atoms with Gasteiger partial charge >= 0.3 is 0 Å². The first kappa shape index (κ1) is 23.9. The minimum atomic E-state index is -3.71. The lowest BCUT2D eigenvalue weighted by Crippen LogP contribution is -2.34. The second-order valence-corrected chi connectivity index (χ2v) is 9.17. The molecule has 1 amide bonds. The lowest BCUT2D eigenvalue weighted by molar-refractivity contribution is -0.132. The Morgan fingerprint density at radius 2 is 1.81 bits per heavy atom. The van der Waals surface area contributed by atoms with E-state index in [0.717, 1.165) is 18.4 Å². The van der Waals surface area contributed by atoms with E-state index in [-0.39, 0.29) is 29.8 Å². The van der Waals surface area contributed by atoms with Gasteiger partial charge in [0, 0.05) is 25.1 Å². The molecule has 0 aromatic heterocycles. The highest BCUT2D eigenvalue weighted by Gasteiger charge is 2.32. The first-order valence-corrected chi connectivity index (χ1v) is 12.1. The van der Waals surface area contributed by atoms with Gasteiger partial charge in [0.15, 0.2) is 0 Å². The summed E-state index contributed by atoms with van der Waals surface area (Å²) in [5.74, 6) is 1.90. The second-order valence-electron chi connectivity index (χ2n) is 7.41. The summed E-state index contributed by atoms with van der Waals surface area (Å²) in [6.45, 7) is 3.01. The van der Waals surface area contributed by atoms with Crippen LogP contribution in [0.5, 0.6) is 17.2 Å². The third-order valence-electron chi connectivity index (χ3n) is 5.44. The number of likely N-dealkylation sites (tertiary alicyclic amines) is 1. The largest absolute Gasteiger partial charge is 0.497 e. The van der Waals surface area contributed by atoms with Crippen molar-refractivity contribution in [3.8, 4) is 17.2 Å². The highest BCUT2D eigenvalue weighted by Crippen LogP contribution is 2.39. The molecule has 3 rings (SSSR count). The van der Waals surface area contributed by atoms with Crippen LogP contribution >= 0.6 is 0 Å². The number of rotatable bonds is 10. The molecule has 1 aliphatic rings. The molecule has 1 aliphatic heterocycles. The van der Waals surface area contributed by atoms with E-state index in [0.29, 0.717) is 30.4 Å². The molecule has 1 N–H and O–H groups in total. The molecule has 1 atom stereocenters. The number of benzene rings is 2. The number of hydrogen-bond acceptors (Lipinski definition) is 6. The van der Waals surface area contributed by atoms with Gasteiger partial charge in [-0.1, -0.05) is 0 Å². The van der Waals surface area contributed by atoms with Crippen LogP contribution in [-0.4, -0.2) is 53.1 Å². The lowest BCUT2D eigenvalue weighted by Gasteiger charge is -2.27. The van der Waals surface area contributed by atoms with E-state index >= 15 is 0 Å². The van der Waals surface area contributed by atoms with Gasteiger partial charge in [-0.05, 0) is 62.2 Å². The van der Waals surface area contributed by atoms with Crippen molar-refractivity contribution in [1.29, 1.82) is 0 Å². The molecule has 2 aromatic carbocycles. The van der Waals surface area contributed by atoms with Crippen molar-refractivity contribution in [3.05, 3.63) is 48.0 Å². The van der Waals surface area contributed by atoms with Crippen LogP contribution in [0.3, 0.4) is 0 Å². The number of methoxy groups -OCH3 is 2. The van der Waals surface area contributed by atoms with Gasteiger partial charge in [0.05, 0.1) is 31.8 Å². The molecule has 0 bridgehead atoms. The average molecular weight is 463 g/mol. The number of carbonyl (C=O) groups is 1. The van der Waals surface area contributed by atoms with E-state index in [1.807, 2.05) is 25.1 Å². The van der Waals surface area contributed by atoms with E-state index in [1.54, 1.807) is 31.3 Å². The second kappa shape index (κ2) is 10.7. The Hall–Kier alpha value is -2.78. The number of carbonyl (C=O) groups excluding carboxylic acids is 1. The molecule has 8 nitrogen and oxygen atoms in total. The molecule has 9 heteroatoms. The summed E-state index contributed by atoms with van der Waals surface area (Å²) >= 11 is 0. The SMILES string of the molecule is CCOc1ccc(S(=O)(=O)NCCC(=O)N2CCCC2c2cc(OC)ccc2OC)cc1. The Morgan fingerprint density at radius 3 is 2.47 bits per heavy atom. The predicted molar refractivity (Wildman–Crippen MR) is 121 cm³/mol. The van der Waals surface area contributed by atoms with Crippen LogP contribution in [0.2, 0.25) is 0 Å². The molecule has 1 unspecified atom stereocenters. The first-order chi connectivity index (χ1) is 15.4. The number of ether oxygens (including phenoxy) is 3. The standard InChI is InChI=1S/C23H30N2O6S/c1-4-31-17-7-10-19(11-8-17)32(27,28)24-14-13-23(26)25-15-5-6-21(25)20-16-18(29-2)9-12-22(20)30-3/h7-12,16,21,24H,4-6,13-15H2,1-3H3. The van der Waals surface area contributed by atoms with Crippen LogP contribution in [0.15, 0.2) is 47.4 Å². The van der Waals surface area contributed by atoms with E-state index in [2.05, 4.69) is 4.72 Å². The van der Waals surface area contributed by atoms with Gasteiger partial charge in [-0.2, -0.15) is 0 Å². The fraction of sp³-hybridized carbons (Fsp3) is 0.435. The summed E-state index contributed by atoms with van der Waals surface area (Å²) in [6.07, 6.45) is 1.75. The zero-order valence-corrected chi connectivity index (χ0v) is 19.5. The zero-order chi connectivity index (χ0) is 23.1. The number of nitrogens with zero attached hydrogens (tertiary/aromatic N) is 1. The Bertz CT molecular complexity index is 1020. The van der Waals surface area contributed by atoms with E-state index < -0.39 is 10.0 Å². The third kappa shape index (κ3) is 5.52. The normalized spacial score (nSPS) is 16.1. The van der Waals surface area contributed by atoms with Crippen molar-refractivity contribution in [2.75, 3.05) is 33.9 Å². The smallest absolute Gasteiger partial charge is 0.240 e. The van der Waals surface area contributed by atoms with Crippen molar-refractivity contribution in [3.63, 3.8) is 0 Å². The Kier molecular flexibility index (Phi) is 7.98. The van der Waals surface area contributed by atoms with Gasteiger partial charge in [0.1, 0.15) is 17.2 Å². The molecular formula is C23H30N2O6S. The summed E-state index contributed by atoms with van der Waals surface area (Å²) in [7, 11) is -0.513. The third-order valence-corrected chi connectivity index (χ3v) is 6.92. The fourth-order valence-electron chi connectivity index (χ4n) is 3.89. The summed E-state index contributed by atoms with van der Waals surface area (Å²) in [5, 5.41) is 0. The monoisotopic (exact) mass is 462 g/mol. The minimum Gasteiger partial charge on any atom is -0.497 e.